The Morgan fingerprint density at radius 3 is 2.37 bits per heavy atom. The number of alkyl halides is 3. The molecule has 2 heterocycles. The van der Waals surface area contributed by atoms with Gasteiger partial charge in [-0.25, -0.2) is 4.68 Å². The Labute approximate surface area is 169 Å². The molecule has 1 N–H and O–H groups in total. The first kappa shape index (κ1) is 21.3. The molecule has 1 aliphatic heterocycles. The number of carbonyl (C=O) groups excluding carboxylic acids is 2. The molecule has 11 heteroatoms. The van der Waals surface area contributed by atoms with Gasteiger partial charge < -0.3 is 15.1 Å². The highest BCUT2D eigenvalue weighted by atomic mass is 19.4. The minimum atomic E-state index is -4.63. The lowest BCUT2D eigenvalue weighted by Gasteiger charge is -2.35. The first-order chi connectivity index (χ1) is 14.2. The molecule has 0 radical (unpaired) electrons. The van der Waals surface area contributed by atoms with Gasteiger partial charge >= 0.3 is 6.18 Å². The van der Waals surface area contributed by atoms with Crippen LogP contribution in [0.2, 0.25) is 0 Å². The molecule has 0 atom stereocenters. The maximum absolute atomic E-state index is 13.2. The molecule has 2 aromatic rings. The van der Waals surface area contributed by atoms with Crippen LogP contribution < -0.4 is 10.9 Å². The minimum Gasteiger partial charge on any atom is -0.372 e. The van der Waals surface area contributed by atoms with Crippen molar-refractivity contribution >= 4 is 17.5 Å². The molecule has 3 rings (SSSR count). The highest BCUT2D eigenvalue weighted by Crippen LogP contribution is 2.32. The monoisotopic (exact) mass is 423 g/mol. The number of rotatable bonds is 4. The average Bonchev–Trinajstić information content (AvgIpc) is 2.73. The Bertz CT molecular complexity index is 997. The number of hydrogen-bond donors (Lipinski definition) is 1. The third-order valence-electron chi connectivity index (χ3n) is 4.82. The lowest BCUT2D eigenvalue weighted by molar-refractivity contribution is -0.138. The molecule has 1 saturated heterocycles. The zero-order valence-corrected chi connectivity index (χ0v) is 16.1. The number of aromatic nitrogens is 2. The second kappa shape index (κ2) is 8.56. The first-order valence-electron chi connectivity index (χ1n) is 9.18. The molecule has 2 amide bonds. The van der Waals surface area contributed by atoms with Gasteiger partial charge in [-0.2, -0.15) is 18.3 Å². The Kier molecular flexibility index (Phi) is 6.09. The van der Waals surface area contributed by atoms with Crippen LogP contribution in [0.5, 0.6) is 0 Å². The van der Waals surface area contributed by atoms with Crippen LogP contribution >= 0.6 is 0 Å². The Balaban J connectivity index is 1.58. The Hall–Kier alpha value is -3.37. The zero-order valence-electron chi connectivity index (χ0n) is 16.1. The van der Waals surface area contributed by atoms with E-state index >= 15 is 0 Å². The van der Waals surface area contributed by atoms with Crippen LogP contribution in [-0.2, 0) is 18.0 Å². The van der Waals surface area contributed by atoms with Crippen molar-refractivity contribution in [1.82, 2.24) is 19.6 Å². The quantitative estimate of drug-likeness (QED) is 0.799. The van der Waals surface area contributed by atoms with Gasteiger partial charge in [0.2, 0.25) is 5.91 Å². The van der Waals surface area contributed by atoms with Crippen LogP contribution in [0, 0.1) is 0 Å². The molecule has 1 fully saturated rings. The van der Waals surface area contributed by atoms with Crippen LogP contribution in [-0.4, -0.2) is 64.1 Å². The predicted molar refractivity (Wildman–Crippen MR) is 102 cm³/mol. The molecule has 0 spiro atoms. The SMILES string of the molecule is Cn1nccc(NCC(=O)N2CCN(C(=O)c3ccccc3C(F)(F)F)CC2)c1=O. The molecule has 1 aliphatic rings. The van der Waals surface area contributed by atoms with Crippen molar-refractivity contribution < 1.29 is 22.8 Å². The maximum Gasteiger partial charge on any atom is 0.417 e. The third kappa shape index (κ3) is 4.61. The summed E-state index contributed by atoms with van der Waals surface area (Å²) in [5, 5.41) is 6.55. The highest BCUT2D eigenvalue weighted by molar-refractivity contribution is 5.96. The van der Waals surface area contributed by atoms with Crippen LogP contribution in [0.25, 0.3) is 0 Å². The fourth-order valence-electron chi connectivity index (χ4n) is 3.17. The lowest BCUT2D eigenvalue weighted by Crippen LogP contribution is -2.52. The molecule has 0 aliphatic carbocycles. The Morgan fingerprint density at radius 2 is 1.70 bits per heavy atom. The van der Waals surface area contributed by atoms with Crippen molar-refractivity contribution in [3.05, 3.63) is 58.0 Å². The number of aryl methyl sites for hydroxylation is 1. The van der Waals surface area contributed by atoms with Crippen molar-refractivity contribution in [3.8, 4) is 0 Å². The zero-order chi connectivity index (χ0) is 21.9. The number of halogens is 3. The summed E-state index contributed by atoms with van der Waals surface area (Å²) < 4.78 is 40.6. The van der Waals surface area contributed by atoms with Gasteiger partial charge in [0.1, 0.15) is 5.69 Å². The first-order valence-corrected chi connectivity index (χ1v) is 9.18. The van der Waals surface area contributed by atoms with E-state index in [0.717, 1.165) is 16.8 Å². The number of hydrogen-bond acceptors (Lipinski definition) is 5. The fourth-order valence-corrected chi connectivity index (χ4v) is 3.17. The van der Waals surface area contributed by atoms with Crippen LogP contribution in [0.1, 0.15) is 15.9 Å². The topological polar surface area (TPSA) is 87.5 Å². The summed E-state index contributed by atoms with van der Waals surface area (Å²) in [4.78, 5) is 39.7. The summed E-state index contributed by atoms with van der Waals surface area (Å²) in [5.74, 6) is -0.995. The van der Waals surface area contributed by atoms with Crippen molar-refractivity contribution in [2.24, 2.45) is 7.05 Å². The number of piperazine rings is 1. The van der Waals surface area contributed by atoms with Gasteiger partial charge in [0.15, 0.2) is 0 Å². The molecule has 0 saturated carbocycles. The summed E-state index contributed by atoms with van der Waals surface area (Å²) in [7, 11) is 1.49. The molecule has 1 aromatic carbocycles. The normalized spacial score (nSPS) is 14.5. The van der Waals surface area contributed by atoms with E-state index in [0.29, 0.717) is 0 Å². The van der Waals surface area contributed by atoms with E-state index in [1.165, 1.54) is 41.2 Å². The largest absolute Gasteiger partial charge is 0.417 e. The minimum absolute atomic E-state index is 0.119. The van der Waals surface area contributed by atoms with E-state index in [1.54, 1.807) is 0 Å². The third-order valence-corrected chi connectivity index (χ3v) is 4.82. The van der Waals surface area contributed by atoms with Crippen LogP contribution in [0.15, 0.2) is 41.3 Å². The van der Waals surface area contributed by atoms with Crippen molar-refractivity contribution in [2.45, 2.75) is 6.18 Å². The molecule has 1 aromatic heterocycles. The number of benzene rings is 1. The fraction of sp³-hybridized carbons (Fsp3) is 0.368. The number of anilines is 1. The van der Waals surface area contributed by atoms with E-state index in [2.05, 4.69) is 10.4 Å². The van der Waals surface area contributed by atoms with Gasteiger partial charge in [-0.05, 0) is 18.2 Å². The summed E-state index contributed by atoms with van der Waals surface area (Å²) in [6, 6.07) is 6.12. The highest BCUT2D eigenvalue weighted by Gasteiger charge is 2.36. The lowest BCUT2D eigenvalue weighted by atomic mass is 10.1. The predicted octanol–water partition coefficient (Wildman–Crippen LogP) is 1.20. The van der Waals surface area contributed by atoms with E-state index < -0.39 is 23.2 Å². The van der Waals surface area contributed by atoms with Gasteiger partial charge in [-0.1, -0.05) is 12.1 Å². The van der Waals surface area contributed by atoms with E-state index in [1.807, 2.05) is 0 Å². The molecule has 8 nitrogen and oxygen atoms in total. The number of nitrogens with zero attached hydrogens (tertiary/aromatic N) is 4. The smallest absolute Gasteiger partial charge is 0.372 e. The van der Waals surface area contributed by atoms with Gasteiger partial charge in [0, 0.05) is 39.4 Å². The van der Waals surface area contributed by atoms with Crippen LogP contribution in [0.3, 0.4) is 0 Å². The maximum atomic E-state index is 13.2. The molecular weight excluding hydrogens is 403 g/mol. The van der Waals surface area contributed by atoms with Crippen molar-refractivity contribution in [2.75, 3.05) is 38.0 Å². The summed E-state index contributed by atoms with van der Waals surface area (Å²) >= 11 is 0. The van der Waals surface area contributed by atoms with E-state index in [9.17, 15) is 27.6 Å². The van der Waals surface area contributed by atoms with E-state index in [-0.39, 0.29) is 49.9 Å². The second-order valence-electron chi connectivity index (χ2n) is 6.74. The number of amides is 2. The molecule has 160 valence electrons. The second-order valence-corrected chi connectivity index (χ2v) is 6.74. The summed E-state index contributed by atoms with van der Waals surface area (Å²) in [6.45, 7) is 0.495. The number of carbonyl (C=O) groups is 2. The van der Waals surface area contributed by atoms with Crippen LogP contribution in [0.4, 0.5) is 18.9 Å². The Morgan fingerprint density at radius 1 is 1.07 bits per heavy atom. The standard InChI is InChI=1S/C19H20F3N5O3/c1-25-18(30)15(6-7-24-25)23-12-16(28)26-8-10-27(11-9-26)17(29)13-4-2-3-5-14(13)19(20,21)22/h2-7,23H,8-12H2,1H3. The van der Waals surface area contributed by atoms with E-state index in [4.69, 9.17) is 0 Å². The van der Waals surface area contributed by atoms with Crippen molar-refractivity contribution in [1.29, 1.82) is 0 Å². The van der Waals surface area contributed by atoms with Gasteiger partial charge in [-0.15, -0.1) is 0 Å². The average molecular weight is 423 g/mol. The number of nitrogens with one attached hydrogen (secondary N) is 1. The van der Waals surface area contributed by atoms with Gasteiger partial charge in [-0.3, -0.25) is 14.4 Å². The van der Waals surface area contributed by atoms with Crippen molar-refractivity contribution in [3.63, 3.8) is 0 Å². The molecule has 0 unspecified atom stereocenters. The van der Waals surface area contributed by atoms with Gasteiger partial charge in [0.05, 0.1) is 17.7 Å². The summed E-state index contributed by atoms with van der Waals surface area (Å²) in [6.07, 6.45) is -3.20. The molecule has 0 bridgehead atoms. The molecular formula is C19H20F3N5O3. The van der Waals surface area contributed by atoms with Gasteiger partial charge in [0.25, 0.3) is 11.5 Å². The summed E-state index contributed by atoms with van der Waals surface area (Å²) in [5.41, 5.74) is -1.51. The molecule has 30 heavy (non-hydrogen) atoms.